The molecule has 1 amide bonds. The number of piperidine rings is 1. The van der Waals surface area contributed by atoms with E-state index in [0.29, 0.717) is 43.5 Å². The summed E-state index contributed by atoms with van der Waals surface area (Å²) in [6.07, 6.45) is 4.83. The lowest BCUT2D eigenvalue weighted by atomic mass is 10.1. The van der Waals surface area contributed by atoms with Crippen LogP contribution < -0.4 is 4.90 Å². The minimum Gasteiger partial charge on any atom is -0.379 e. The monoisotopic (exact) mass is 610 g/mol. The molecule has 2 saturated heterocycles. The van der Waals surface area contributed by atoms with Crippen molar-refractivity contribution in [2.45, 2.75) is 42.0 Å². The lowest BCUT2D eigenvalue weighted by Gasteiger charge is -2.32. The molecule has 0 spiro atoms. The van der Waals surface area contributed by atoms with Gasteiger partial charge in [-0.15, -0.1) is 24.2 Å². The first-order valence-electron chi connectivity index (χ1n) is 13.1. The van der Waals surface area contributed by atoms with E-state index in [9.17, 15) is 13.2 Å². The summed E-state index contributed by atoms with van der Waals surface area (Å²) in [7, 11) is -3.60. The number of thiazole rings is 1. The molecule has 2 fully saturated rings. The molecule has 3 heterocycles. The largest absolute Gasteiger partial charge is 0.379 e. The fourth-order valence-electron chi connectivity index (χ4n) is 4.98. The van der Waals surface area contributed by atoms with Crippen molar-refractivity contribution in [1.82, 2.24) is 14.2 Å². The van der Waals surface area contributed by atoms with Crippen LogP contribution in [0.15, 0.2) is 52.3 Å². The second-order valence-corrected chi connectivity index (χ2v) is 13.5. The van der Waals surface area contributed by atoms with Crippen molar-refractivity contribution in [3.05, 3.63) is 48.0 Å². The zero-order valence-corrected chi connectivity index (χ0v) is 25.5. The van der Waals surface area contributed by atoms with Crippen molar-refractivity contribution in [2.24, 2.45) is 0 Å². The fourth-order valence-corrected chi connectivity index (χ4v) is 8.22. The number of halogens is 1. The number of sulfonamides is 1. The molecule has 2 aliphatic rings. The number of nitrogens with zero attached hydrogens (tertiary/aromatic N) is 4. The highest BCUT2D eigenvalue weighted by Gasteiger charge is 2.31. The Balaban J connectivity index is 0.00000353. The molecule has 0 N–H and O–H groups in total. The van der Waals surface area contributed by atoms with Crippen LogP contribution in [0, 0.1) is 0 Å². The van der Waals surface area contributed by atoms with Gasteiger partial charge in [0.15, 0.2) is 5.13 Å². The Morgan fingerprint density at radius 1 is 1.13 bits per heavy atom. The van der Waals surface area contributed by atoms with Gasteiger partial charge in [0.25, 0.3) is 5.91 Å². The highest BCUT2D eigenvalue weighted by molar-refractivity contribution is 7.98. The van der Waals surface area contributed by atoms with Gasteiger partial charge in [0, 0.05) is 49.2 Å². The van der Waals surface area contributed by atoms with Crippen molar-refractivity contribution in [2.75, 3.05) is 57.1 Å². The summed E-state index contributed by atoms with van der Waals surface area (Å²) < 4.78 is 34.6. The van der Waals surface area contributed by atoms with Crippen LogP contribution in [0.1, 0.15) is 36.5 Å². The predicted octanol–water partition coefficient (Wildman–Crippen LogP) is 4.98. The lowest BCUT2D eigenvalue weighted by Crippen LogP contribution is -2.43. The number of thioether (sulfide) groups is 1. The molecule has 5 rings (SSSR count). The van der Waals surface area contributed by atoms with Crippen LogP contribution >= 0.6 is 35.5 Å². The Morgan fingerprint density at radius 2 is 1.87 bits per heavy atom. The number of morpholine rings is 1. The predicted molar refractivity (Wildman–Crippen MR) is 161 cm³/mol. The molecule has 0 bridgehead atoms. The van der Waals surface area contributed by atoms with E-state index in [1.807, 2.05) is 25.3 Å². The second kappa shape index (κ2) is 13.3. The normalized spacial score (nSPS) is 19.1. The Kier molecular flexibility index (Phi) is 10.3. The Hall–Kier alpha value is -1.73. The first-order chi connectivity index (χ1) is 18.4. The smallest absolute Gasteiger partial charge is 0.260 e. The summed E-state index contributed by atoms with van der Waals surface area (Å²) in [5, 5.41) is 0.648. The Bertz CT molecular complexity index is 1380. The van der Waals surface area contributed by atoms with E-state index in [1.54, 1.807) is 45.2 Å². The number of amides is 1. The minimum atomic E-state index is -3.60. The summed E-state index contributed by atoms with van der Waals surface area (Å²) in [4.78, 5) is 24.0. The van der Waals surface area contributed by atoms with E-state index in [1.165, 1.54) is 11.3 Å². The lowest BCUT2D eigenvalue weighted by molar-refractivity contribution is 0.0391. The number of ether oxygens (including phenoxy) is 1. The molecule has 0 aliphatic carbocycles. The topological polar surface area (TPSA) is 83.0 Å². The van der Waals surface area contributed by atoms with Crippen molar-refractivity contribution >= 4 is 66.8 Å². The zero-order chi connectivity index (χ0) is 26.7. The highest BCUT2D eigenvalue weighted by atomic mass is 35.5. The number of aromatic nitrogens is 1. The van der Waals surface area contributed by atoms with Gasteiger partial charge in [-0.2, -0.15) is 4.31 Å². The number of anilines is 1. The van der Waals surface area contributed by atoms with Crippen molar-refractivity contribution in [3.63, 3.8) is 0 Å². The van der Waals surface area contributed by atoms with Gasteiger partial charge in [-0.05, 0) is 68.5 Å². The number of rotatable bonds is 8. The van der Waals surface area contributed by atoms with Crippen molar-refractivity contribution in [3.8, 4) is 0 Å². The van der Waals surface area contributed by atoms with Crippen molar-refractivity contribution < 1.29 is 17.9 Å². The maximum Gasteiger partial charge on any atom is 0.260 e. The summed E-state index contributed by atoms with van der Waals surface area (Å²) in [5.74, 6) is -0.183. The van der Waals surface area contributed by atoms with Gasteiger partial charge in [-0.3, -0.25) is 14.6 Å². The average Bonchev–Trinajstić information content (AvgIpc) is 3.36. The number of hydrogen-bond acceptors (Lipinski definition) is 8. The third-order valence-electron chi connectivity index (χ3n) is 7.25. The molecule has 12 heteroatoms. The number of carbonyl (C=O) groups is 1. The van der Waals surface area contributed by atoms with E-state index in [0.717, 1.165) is 47.5 Å². The second-order valence-electron chi connectivity index (χ2n) is 9.73. The molecule has 1 aromatic heterocycles. The van der Waals surface area contributed by atoms with Gasteiger partial charge in [0.2, 0.25) is 10.0 Å². The maximum absolute atomic E-state index is 13.8. The van der Waals surface area contributed by atoms with Crippen LogP contribution in [0.2, 0.25) is 0 Å². The first kappa shape index (κ1) is 30.2. The summed E-state index contributed by atoms with van der Waals surface area (Å²) in [6, 6.07) is 12.5. The fraction of sp³-hybridized carbons (Fsp3) is 0.481. The van der Waals surface area contributed by atoms with Crippen LogP contribution in [0.25, 0.3) is 10.2 Å². The van der Waals surface area contributed by atoms with Crippen LogP contribution in [-0.4, -0.2) is 86.7 Å². The van der Waals surface area contributed by atoms with E-state index in [4.69, 9.17) is 9.72 Å². The average molecular weight is 611 g/mol. The molecular formula is C27H35ClN4O4S3. The zero-order valence-electron chi connectivity index (χ0n) is 22.2. The van der Waals surface area contributed by atoms with Crippen LogP contribution in [0.4, 0.5) is 5.13 Å². The third kappa shape index (κ3) is 6.78. The molecule has 3 aromatic rings. The van der Waals surface area contributed by atoms with Crippen molar-refractivity contribution in [1.29, 1.82) is 0 Å². The van der Waals surface area contributed by atoms with E-state index in [-0.39, 0.29) is 29.3 Å². The molecule has 1 atom stereocenters. The van der Waals surface area contributed by atoms with E-state index in [2.05, 4.69) is 11.0 Å². The molecular weight excluding hydrogens is 576 g/mol. The van der Waals surface area contributed by atoms with Crippen LogP contribution in [0.3, 0.4) is 0 Å². The number of carbonyl (C=O) groups excluding carboxylic acids is 1. The number of benzene rings is 2. The summed E-state index contributed by atoms with van der Waals surface area (Å²) in [6.45, 7) is 6.74. The van der Waals surface area contributed by atoms with Gasteiger partial charge >= 0.3 is 0 Å². The molecule has 1 unspecified atom stereocenters. The molecule has 2 aliphatic heterocycles. The molecule has 8 nitrogen and oxygen atoms in total. The molecule has 0 radical (unpaired) electrons. The Morgan fingerprint density at radius 3 is 2.56 bits per heavy atom. The van der Waals surface area contributed by atoms with Crippen LogP contribution in [-0.2, 0) is 14.8 Å². The molecule has 39 heavy (non-hydrogen) atoms. The first-order valence-corrected chi connectivity index (χ1v) is 16.5. The van der Waals surface area contributed by atoms with Gasteiger partial charge in [0.1, 0.15) is 0 Å². The number of hydrogen-bond donors (Lipinski definition) is 0. The minimum absolute atomic E-state index is 0. The molecule has 0 saturated carbocycles. The van der Waals surface area contributed by atoms with E-state index < -0.39 is 10.0 Å². The van der Waals surface area contributed by atoms with Crippen LogP contribution in [0.5, 0.6) is 0 Å². The third-order valence-corrected chi connectivity index (χ3v) is 11.0. The quantitative estimate of drug-likeness (QED) is 0.333. The molecule has 2 aromatic carbocycles. The van der Waals surface area contributed by atoms with Gasteiger partial charge in [-0.1, -0.05) is 17.8 Å². The summed E-state index contributed by atoms with van der Waals surface area (Å²) >= 11 is 3.18. The van der Waals surface area contributed by atoms with E-state index >= 15 is 0 Å². The number of fused-ring (bicyclic) bond motifs is 1. The van der Waals surface area contributed by atoms with Gasteiger partial charge in [-0.25, -0.2) is 13.4 Å². The van der Waals surface area contributed by atoms with Gasteiger partial charge in [0.05, 0.1) is 28.3 Å². The molecule has 212 valence electrons. The standard InChI is InChI=1S/C27H34N4O4S3.ClH/c1-20-5-3-4-12-31(20)38(33,34)23-9-6-21(7-10-23)26(32)30(14-13-29-15-17-35-18-16-29)27-28-24-11-8-22(36-2)19-25(24)37-27;/h6-11,19-20H,3-5,12-18H2,1-2H3;1H. The maximum atomic E-state index is 13.8. The SMILES string of the molecule is CSc1ccc2nc(N(CCN3CCOCC3)C(=O)c3ccc(S(=O)(=O)N4CCCCC4C)cc3)sc2c1.Cl. The highest BCUT2D eigenvalue weighted by Crippen LogP contribution is 2.33. The van der Waals surface area contributed by atoms with Gasteiger partial charge < -0.3 is 4.74 Å². The summed E-state index contributed by atoms with van der Waals surface area (Å²) in [5.41, 5.74) is 1.31. The Labute approximate surface area is 245 Å².